The van der Waals surface area contributed by atoms with Gasteiger partial charge < -0.3 is 9.88 Å². The van der Waals surface area contributed by atoms with Crippen LogP contribution in [0.2, 0.25) is 0 Å². The predicted molar refractivity (Wildman–Crippen MR) is 113 cm³/mol. The highest BCUT2D eigenvalue weighted by Crippen LogP contribution is 2.40. The molecule has 2 aliphatic rings. The quantitative estimate of drug-likeness (QED) is 0.538. The van der Waals surface area contributed by atoms with Crippen LogP contribution in [0.25, 0.3) is 11.0 Å². The number of rotatable bonds is 3. The van der Waals surface area contributed by atoms with Gasteiger partial charge >= 0.3 is 0 Å². The van der Waals surface area contributed by atoms with E-state index in [1.54, 1.807) is 10.6 Å². The van der Waals surface area contributed by atoms with Crippen molar-refractivity contribution < 1.29 is 17.6 Å². The molecule has 1 aliphatic heterocycles. The molecule has 0 unspecified atom stereocenters. The van der Waals surface area contributed by atoms with E-state index in [1.807, 2.05) is 0 Å². The van der Waals surface area contributed by atoms with Gasteiger partial charge in [-0.1, -0.05) is 19.3 Å². The first-order valence-corrected chi connectivity index (χ1v) is 11.5. The van der Waals surface area contributed by atoms with Crippen molar-refractivity contribution in [1.82, 2.24) is 24.9 Å². The minimum atomic E-state index is -3.91. The topological polar surface area (TPSA) is 157 Å². The van der Waals surface area contributed by atoms with Gasteiger partial charge in [0.25, 0.3) is 21.9 Å². The van der Waals surface area contributed by atoms with Crippen LogP contribution in [0.5, 0.6) is 0 Å². The van der Waals surface area contributed by atoms with Crippen molar-refractivity contribution in [3.05, 3.63) is 36.3 Å². The number of hydrazone groups is 1. The molecule has 166 valence electrons. The number of halogens is 1. The van der Waals surface area contributed by atoms with Gasteiger partial charge in [0, 0.05) is 11.6 Å². The molecule has 0 radical (unpaired) electrons. The van der Waals surface area contributed by atoms with Gasteiger partial charge in [-0.05, 0) is 31.0 Å². The van der Waals surface area contributed by atoms with Gasteiger partial charge in [-0.25, -0.2) is 29.0 Å². The number of fused-ring (bicyclic) bond motifs is 4. The zero-order chi connectivity index (χ0) is 22.5. The third-order valence-electron chi connectivity index (χ3n) is 5.82. The Balaban J connectivity index is 1.60. The number of pyridine rings is 1. The third kappa shape index (κ3) is 3.29. The zero-order valence-corrected chi connectivity index (χ0v) is 17.6. The molecule has 0 atom stereocenters. The van der Waals surface area contributed by atoms with E-state index in [0.29, 0.717) is 29.6 Å². The maximum Gasteiger partial charge on any atom is 0.266 e. The van der Waals surface area contributed by atoms with Crippen LogP contribution < -0.4 is 15.9 Å². The summed E-state index contributed by atoms with van der Waals surface area (Å²) in [5.41, 5.74) is 2.36. The Kier molecular flexibility index (Phi) is 4.67. The van der Waals surface area contributed by atoms with Crippen LogP contribution in [0.3, 0.4) is 0 Å². The number of carbonyl (C=O) groups is 1. The lowest BCUT2D eigenvalue weighted by atomic mass is 9.80. The van der Waals surface area contributed by atoms with Gasteiger partial charge in [-0.2, -0.15) is 9.37 Å². The second-order valence-corrected chi connectivity index (χ2v) is 9.34. The summed E-state index contributed by atoms with van der Waals surface area (Å²) < 4.78 is 39.1. The molecule has 0 aromatic carbocycles. The minimum absolute atomic E-state index is 0.172. The molecule has 1 aliphatic carbocycles. The van der Waals surface area contributed by atoms with E-state index in [0.717, 1.165) is 19.3 Å². The van der Waals surface area contributed by atoms with Crippen LogP contribution in [0.4, 0.5) is 16.0 Å². The number of nitrogens with two attached hydrogens (primary N) is 1. The molecule has 5 rings (SSSR count). The number of sulfonamides is 1. The van der Waals surface area contributed by atoms with Gasteiger partial charge in [-0.15, -0.1) is 5.10 Å². The van der Waals surface area contributed by atoms with Crippen LogP contribution in [-0.4, -0.2) is 39.8 Å². The molecule has 3 aromatic heterocycles. The Morgan fingerprint density at radius 3 is 2.62 bits per heavy atom. The summed E-state index contributed by atoms with van der Waals surface area (Å²) in [4.78, 5) is 25.6. The van der Waals surface area contributed by atoms with E-state index in [-0.39, 0.29) is 22.6 Å². The van der Waals surface area contributed by atoms with Crippen molar-refractivity contribution in [2.45, 2.75) is 42.7 Å². The van der Waals surface area contributed by atoms with Gasteiger partial charge in [0.1, 0.15) is 16.9 Å². The maximum atomic E-state index is 14.8. The first kappa shape index (κ1) is 20.5. The Labute approximate surface area is 182 Å². The number of primary sulfonamides is 1. The number of nitrogens with zero attached hydrogens (tertiary/aromatic N) is 5. The van der Waals surface area contributed by atoms with Crippen molar-refractivity contribution in [2.24, 2.45) is 10.2 Å². The maximum absolute atomic E-state index is 14.8. The predicted octanol–water partition coefficient (Wildman–Crippen LogP) is 1.64. The second-order valence-electron chi connectivity index (χ2n) is 7.83. The molecule has 1 spiro atoms. The highest BCUT2D eigenvalue weighted by Gasteiger charge is 2.45. The Morgan fingerprint density at radius 2 is 1.94 bits per heavy atom. The number of nitrogens with one attached hydrogen (secondary N) is 2. The van der Waals surface area contributed by atoms with E-state index < -0.39 is 21.5 Å². The van der Waals surface area contributed by atoms with Crippen molar-refractivity contribution in [2.75, 3.05) is 5.32 Å². The molecule has 4 N–H and O–H groups in total. The minimum Gasteiger partial charge on any atom is -0.323 e. The normalized spacial score (nSPS) is 18.1. The standard InChI is InChI=1S/C19H19FN8O3S/c20-15-13-8-11-9-23-18(24-12-4-5-14(22-10-12)32(21,30)31)25-16(11)28(13)19(17(29)27-26-15)6-2-1-3-7-19/h4-5,8-10H,1-3,6-7H2,(H,27,29)(H2,21,30,31)(H,23,24,25). The average Bonchev–Trinajstić information content (AvgIpc) is 3.13. The summed E-state index contributed by atoms with van der Waals surface area (Å²) in [7, 11) is -3.91. The number of carbonyl (C=O) groups excluding carboxylic acids is 1. The Morgan fingerprint density at radius 1 is 1.16 bits per heavy atom. The Bertz CT molecular complexity index is 1360. The molecule has 0 bridgehead atoms. The van der Waals surface area contributed by atoms with E-state index in [1.165, 1.54) is 24.5 Å². The molecule has 0 saturated heterocycles. The highest BCUT2D eigenvalue weighted by molar-refractivity contribution is 7.89. The van der Waals surface area contributed by atoms with Crippen LogP contribution in [-0.2, 0) is 20.4 Å². The number of anilines is 2. The third-order valence-corrected chi connectivity index (χ3v) is 6.65. The van der Waals surface area contributed by atoms with Gasteiger partial charge in [0.2, 0.25) is 5.95 Å². The number of amides is 1. The van der Waals surface area contributed by atoms with Crippen molar-refractivity contribution >= 4 is 44.6 Å². The van der Waals surface area contributed by atoms with Crippen LogP contribution in [0.1, 0.15) is 37.8 Å². The lowest BCUT2D eigenvalue weighted by Crippen LogP contribution is -2.48. The molecular weight excluding hydrogens is 439 g/mol. The number of hydrogen-bond acceptors (Lipinski definition) is 8. The van der Waals surface area contributed by atoms with Gasteiger partial charge in [0.15, 0.2) is 5.03 Å². The van der Waals surface area contributed by atoms with Gasteiger partial charge in [0.05, 0.1) is 11.9 Å². The zero-order valence-electron chi connectivity index (χ0n) is 16.7. The fraction of sp³-hybridized carbons (Fsp3) is 0.316. The average molecular weight is 458 g/mol. The summed E-state index contributed by atoms with van der Waals surface area (Å²) in [6, 6.07) is 4.31. The Hall–Kier alpha value is -3.45. The van der Waals surface area contributed by atoms with Crippen molar-refractivity contribution in [3.8, 4) is 0 Å². The van der Waals surface area contributed by atoms with E-state index in [9.17, 15) is 17.6 Å². The monoisotopic (exact) mass is 458 g/mol. The van der Waals surface area contributed by atoms with Crippen molar-refractivity contribution in [1.29, 1.82) is 0 Å². The van der Waals surface area contributed by atoms with E-state index in [4.69, 9.17) is 5.14 Å². The second kappa shape index (κ2) is 7.31. The SMILES string of the molecule is NS(=O)(=O)c1ccc(Nc2ncc3cc4n(c3n2)C2(CCCCC2)C(=O)NN=C4F)cn1. The molecular formula is C19H19FN8O3S. The lowest BCUT2D eigenvalue weighted by molar-refractivity contribution is -0.131. The largest absolute Gasteiger partial charge is 0.323 e. The fourth-order valence-corrected chi connectivity index (χ4v) is 4.79. The molecule has 1 fully saturated rings. The fourth-order valence-electron chi connectivity index (χ4n) is 4.34. The summed E-state index contributed by atoms with van der Waals surface area (Å²) >= 11 is 0. The summed E-state index contributed by atoms with van der Waals surface area (Å²) in [5, 5.41) is 11.9. The molecule has 1 amide bonds. The van der Waals surface area contributed by atoms with Crippen LogP contribution in [0.15, 0.2) is 40.7 Å². The first-order chi connectivity index (χ1) is 15.3. The number of aromatic nitrogens is 4. The van der Waals surface area contributed by atoms with Crippen LogP contribution >= 0.6 is 0 Å². The summed E-state index contributed by atoms with van der Waals surface area (Å²) in [5.74, 6) is -0.980. The molecule has 11 nitrogen and oxygen atoms in total. The van der Waals surface area contributed by atoms with E-state index in [2.05, 4.69) is 30.8 Å². The highest BCUT2D eigenvalue weighted by atomic mass is 32.2. The molecule has 13 heteroatoms. The van der Waals surface area contributed by atoms with Crippen LogP contribution in [0, 0.1) is 0 Å². The lowest BCUT2D eigenvalue weighted by Gasteiger charge is -2.36. The van der Waals surface area contributed by atoms with Crippen molar-refractivity contribution in [3.63, 3.8) is 0 Å². The summed E-state index contributed by atoms with van der Waals surface area (Å²) in [6.07, 6.45) is 6.55. The molecule has 3 aromatic rings. The first-order valence-electron chi connectivity index (χ1n) is 9.97. The molecule has 1 saturated carbocycles. The molecule has 32 heavy (non-hydrogen) atoms. The molecule has 4 heterocycles. The summed E-state index contributed by atoms with van der Waals surface area (Å²) in [6.45, 7) is 0. The smallest absolute Gasteiger partial charge is 0.266 e. The number of hydrogen-bond donors (Lipinski definition) is 3. The van der Waals surface area contributed by atoms with E-state index >= 15 is 0 Å². The van der Waals surface area contributed by atoms with Gasteiger partial charge in [-0.3, -0.25) is 4.79 Å².